The zero-order chi connectivity index (χ0) is 87.9. The monoisotopic (exact) mass is 1780 g/mol. The number of sulfonamides is 4. The van der Waals surface area contributed by atoms with Gasteiger partial charge in [-0.3, -0.25) is 20.4 Å². The predicted molar refractivity (Wildman–Crippen MR) is 476 cm³/mol. The number of hydrogen-bond acceptors (Lipinski definition) is 13. The maximum atomic E-state index is 14.2. The summed E-state index contributed by atoms with van der Waals surface area (Å²) in [6.07, 6.45) is 25.8. The van der Waals surface area contributed by atoms with Gasteiger partial charge in [-0.2, -0.15) is 37.6 Å². The first-order chi connectivity index (χ1) is 60.6. The van der Waals surface area contributed by atoms with E-state index in [1.54, 1.807) is 71.6 Å². The third kappa shape index (κ3) is 17.7. The Labute approximate surface area is 727 Å². The molecule has 0 amide bonds. The number of hydrogen-bond donors (Lipinski definition) is 4. The summed E-state index contributed by atoms with van der Waals surface area (Å²) in [5.74, 6) is -2.44. The first kappa shape index (κ1) is 86.1. The lowest BCUT2D eigenvalue weighted by atomic mass is 10.1. The molecular weight excluding hydrogens is 1690 g/mol. The third-order valence-corrected chi connectivity index (χ3v) is 32.6. The fourth-order valence-electron chi connectivity index (χ4n) is 18.4. The normalized spacial score (nSPS) is 19.8. The van der Waals surface area contributed by atoms with Crippen LogP contribution in [0.15, 0.2) is 282 Å². The minimum Gasteiger partial charge on any atom is -0.497 e. The molecule has 0 spiro atoms. The maximum Gasteiger partial charge on any atom is 0.246 e. The second-order valence-electron chi connectivity index (χ2n) is 33.1. The van der Waals surface area contributed by atoms with E-state index in [1.807, 2.05) is 82.3 Å². The van der Waals surface area contributed by atoms with Gasteiger partial charge in [-0.05, 0) is 233 Å². The summed E-state index contributed by atoms with van der Waals surface area (Å²) in [6.45, 7) is 12.1. The van der Waals surface area contributed by atoms with Gasteiger partial charge in [0.05, 0.1) is 41.7 Å². The lowest BCUT2D eigenvalue weighted by Crippen LogP contribution is -2.34. The van der Waals surface area contributed by atoms with E-state index in [4.69, 9.17) is 4.74 Å². The second-order valence-corrected chi connectivity index (χ2v) is 40.6. The zero-order valence-electron chi connectivity index (χ0n) is 69.6. The number of H-pyrrole nitrogens is 4. The Bertz CT molecular complexity index is 7050. The van der Waals surface area contributed by atoms with E-state index in [9.17, 15) is 51.2 Å². The molecule has 33 heteroatoms. The number of benzene rings is 8. The van der Waals surface area contributed by atoms with Crippen LogP contribution in [0.3, 0.4) is 0 Å². The second kappa shape index (κ2) is 35.7. The molecule has 20 rings (SSSR count). The molecule has 652 valence electrons. The number of fused-ring (bicyclic) bond motifs is 4. The van der Waals surface area contributed by atoms with Gasteiger partial charge in [-0.1, -0.05) is 48.5 Å². The van der Waals surface area contributed by atoms with Crippen LogP contribution in [-0.2, 0) is 66.3 Å². The van der Waals surface area contributed by atoms with Crippen molar-refractivity contribution in [2.24, 2.45) is 23.7 Å². The summed E-state index contributed by atoms with van der Waals surface area (Å²) in [5.41, 5.74) is 13.0. The smallest absolute Gasteiger partial charge is 0.246 e. The van der Waals surface area contributed by atoms with Crippen LogP contribution in [0.5, 0.6) is 5.75 Å². The van der Waals surface area contributed by atoms with Crippen LogP contribution >= 0.6 is 0 Å². The van der Waals surface area contributed by atoms with Crippen molar-refractivity contribution in [3.63, 3.8) is 0 Å². The highest BCUT2D eigenvalue weighted by Crippen LogP contribution is 2.40. The average molecular weight is 1780 g/mol. The fourth-order valence-corrected chi connectivity index (χ4v) is 25.5. The van der Waals surface area contributed by atoms with Crippen molar-refractivity contribution in [3.8, 4) is 50.3 Å². The van der Waals surface area contributed by atoms with Crippen molar-refractivity contribution in [2.45, 2.75) is 123 Å². The van der Waals surface area contributed by atoms with E-state index in [0.717, 1.165) is 133 Å². The molecule has 0 radical (unpaired) electrons. The Hall–Kier alpha value is -12.1. The number of aromatic amines is 4. The molecule has 4 unspecified atom stereocenters. The van der Waals surface area contributed by atoms with Crippen molar-refractivity contribution >= 4 is 83.7 Å². The molecule has 4 aliphatic rings. The van der Waals surface area contributed by atoms with Crippen molar-refractivity contribution in [3.05, 3.63) is 286 Å². The van der Waals surface area contributed by atoms with Crippen molar-refractivity contribution in [2.75, 3.05) is 33.3 Å². The Morgan fingerprint density at radius 3 is 1.02 bits per heavy atom. The van der Waals surface area contributed by atoms with Gasteiger partial charge in [0, 0.05) is 198 Å². The van der Waals surface area contributed by atoms with E-state index >= 15 is 0 Å². The van der Waals surface area contributed by atoms with Gasteiger partial charge < -0.3 is 23.0 Å². The van der Waals surface area contributed by atoms with Crippen LogP contribution < -0.4 is 4.74 Å². The van der Waals surface area contributed by atoms with Gasteiger partial charge in [0.1, 0.15) is 27.2 Å². The Morgan fingerprint density at radius 2 is 0.667 bits per heavy atom. The molecule has 4 saturated heterocycles. The minimum atomic E-state index is -4.13. The van der Waals surface area contributed by atoms with Crippen molar-refractivity contribution in [1.29, 1.82) is 0 Å². The Morgan fingerprint density at radius 1 is 0.341 bits per heavy atom. The zero-order valence-corrected chi connectivity index (χ0v) is 72.9. The summed E-state index contributed by atoms with van der Waals surface area (Å²) >= 11 is 0. The van der Waals surface area contributed by atoms with Crippen LogP contribution in [0.1, 0.15) is 53.4 Å². The average Bonchev–Trinajstić information content (AvgIpc) is 1.38. The highest BCUT2D eigenvalue weighted by Gasteiger charge is 2.43. The van der Waals surface area contributed by atoms with E-state index < -0.39 is 68.3 Å². The van der Waals surface area contributed by atoms with Crippen molar-refractivity contribution < 1.29 is 56.0 Å². The molecule has 8 aromatic heterocycles. The largest absolute Gasteiger partial charge is 0.497 e. The molecule has 8 atom stereocenters. The molecule has 0 saturated carbocycles. The molecule has 25 nitrogen and oxygen atoms in total. The lowest BCUT2D eigenvalue weighted by Gasteiger charge is -2.21. The van der Waals surface area contributed by atoms with E-state index in [1.165, 1.54) is 57.1 Å². The van der Waals surface area contributed by atoms with E-state index in [2.05, 4.69) is 150 Å². The van der Waals surface area contributed by atoms with Gasteiger partial charge in [-0.25, -0.2) is 51.2 Å². The summed E-state index contributed by atoms with van der Waals surface area (Å²) in [6, 6.07) is 53.4. The quantitative estimate of drug-likeness (QED) is 0.0487. The topological polar surface area (TPSA) is 293 Å². The van der Waals surface area contributed by atoms with E-state index in [-0.39, 0.29) is 69.1 Å². The minimum absolute atomic E-state index is 0.0503. The van der Waals surface area contributed by atoms with Crippen LogP contribution in [0.25, 0.3) is 88.1 Å². The van der Waals surface area contributed by atoms with Gasteiger partial charge in [-0.15, -0.1) is 0 Å². The van der Waals surface area contributed by atoms with Gasteiger partial charge in [0.25, 0.3) is 0 Å². The fraction of sp³-hybridized carbons (Fsp3) is 0.269. The highest BCUT2D eigenvalue weighted by molar-refractivity contribution is 7.90. The predicted octanol–water partition coefficient (Wildman–Crippen LogP) is 17.1. The molecule has 4 fully saturated rings. The molecule has 12 heterocycles. The molecule has 0 aliphatic carbocycles. The molecule has 0 bridgehead atoms. The van der Waals surface area contributed by atoms with Gasteiger partial charge in [0.15, 0.2) is 11.6 Å². The number of ether oxygens (including phenoxy) is 1. The van der Waals surface area contributed by atoms with Gasteiger partial charge >= 0.3 is 0 Å². The Balaban J connectivity index is 0.000000119. The van der Waals surface area contributed by atoms with Crippen LogP contribution in [0.2, 0.25) is 0 Å². The van der Waals surface area contributed by atoms with Crippen LogP contribution in [-0.4, -0.2) is 167 Å². The number of methoxy groups -OCH3 is 1. The summed E-state index contributed by atoms with van der Waals surface area (Å²) < 4.78 is 180. The number of rotatable bonds is 21. The number of aromatic nitrogens is 12. The molecule has 4 N–H and O–H groups in total. The summed E-state index contributed by atoms with van der Waals surface area (Å²) in [4.78, 5) is -0.439. The lowest BCUT2D eigenvalue weighted by molar-refractivity contribution is 0.393. The molecule has 126 heavy (non-hydrogen) atoms. The number of nitrogens with zero attached hydrogens (tertiary/aromatic N) is 12. The number of nitrogens with one attached hydrogen (secondary N) is 4. The highest BCUT2D eigenvalue weighted by atomic mass is 32.2. The SMILES string of the molecule is COc1cccc(S(=O)(=O)N2CC(Cn3ccc4cc(-c5cn[nH]c5)ccc43)C[C@@H]2C)c1.C[C@H]1CC(Cn2ccc3cc(-c4cn[nH]c4)ccc32)CN1S(=O)(=O)c1ccc(F)cc1.C[C@H]1CC(Cn2ccc3cc(-c4cn[nH]c4)ccc32)CN1S(=O)(=O)c1cccc(F)c1F.C[C@H]1CC(Cn2ccc3cc(-c4cn[nH]c4)ccc32)CN1S(=O)(=O)c1ccccc1F. The maximum absolute atomic E-state index is 14.2. The molecule has 16 aromatic rings. The first-order valence-corrected chi connectivity index (χ1v) is 47.4. The standard InChI is InChI=1S/C24H26N4O3S.C23H22F2N4O2S.2C23H23FN4O2S/c1-17-10-18(16-28(17)32(29,30)23-5-3-4-22(12-23)31-2)15-27-9-8-20-11-19(6-7-24(20)27)21-13-25-26-14-21;1-15-9-16(14-29(15)32(30,31)22-4-2-3-20(24)23(22)25)13-28-8-7-18-10-17(5-6-21(18)28)19-11-26-27-12-19;1-16-10-17(15-28(16)31(29,30)22-5-3-21(24)4-6-22)14-27-9-8-19-11-18(2-7-23(19)27)20-12-25-26-13-20;1-16-10-17(15-28(16)31(29,30)23-5-3-2-4-21(23)24)14-27-9-8-19-11-18(6-7-22(19)27)20-12-25-26-13-20/h3-9,11-14,17-18H,10,15-16H2,1-2H3,(H,25,26);2-8,10-12,15-16H,9,13-14H2,1H3,(H,26,27);2*2-9,11-13,16-17H,10,14-15H2,1H3,(H,25,26)/t17-,18?;15-,16?;2*16-,17?/m0000/s1. The number of halogens is 4. The summed E-state index contributed by atoms with van der Waals surface area (Å²) in [5, 5.41) is 31.9. The van der Waals surface area contributed by atoms with Crippen LogP contribution in [0.4, 0.5) is 17.6 Å². The Kier molecular flexibility index (Phi) is 24.4. The van der Waals surface area contributed by atoms with Gasteiger partial charge in [0.2, 0.25) is 40.1 Å². The third-order valence-electron chi connectivity index (χ3n) is 24.6. The first-order valence-electron chi connectivity index (χ1n) is 41.6. The molecule has 8 aromatic carbocycles. The van der Waals surface area contributed by atoms with E-state index in [0.29, 0.717) is 44.9 Å². The molecular formula is C93H94F4N16O9S4. The molecule has 4 aliphatic heterocycles. The van der Waals surface area contributed by atoms with Crippen LogP contribution in [0, 0.1) is 46.9 Å². The van der Waals surface area contributed by atoms with Crippen molar-refractivity contribution in [1.82, 2.24) is 76.3 Å². The summed E-state index contributed by atoms with van der Waals surface area (Å²) in [7, 11) is -13.7.